The maximum Gasteiger partial charge on any atom is 0.416 e. The van der Waals surface area contributed by atoms with Crippen LogP contribution >= 0.6 is 0 Å². The smallest absolute Gasteiger partial charge is 0.378 e. The van der Waals surface area contributed by atoms with Gasteiger partial charge in [-0.25, -0.2) is 0 Å². The number of alkyl halides is 3. The molecule has 1 fully saturated rings. The summed E-state index contributed by atoms with van der Waals surface area (Å²) in [6, 6.07) is 3.85. The molecule has 2 aliphatic heterocycles. The lowest BCUT2D eigenvalue weighted by Crippen LogP contribution is -2.44. The summed E-state index contributed by atoms with van der Waals surface area (Å²) in [5.41, 5.74) is 1.68. The first-order chi connectivity index (χ1) is 15.4. The fourth-order valence-corrected chi connectivity index (χ4v) is 4.15. The molecule has 3 rings (SSSR count). The van der Waals surface area contributed by atoms with Crippen LogP contribution in [0.15, 0.2) is 55.7 Å². The molecule has 1 aromatic carbocycles. The number of hydrogen-bond donors (Lipinski definition) is 1. The molecule has 0 bridgehead atoms. The molecule has 0 amide bonds. The lowest BCUT2D eigenvalue weighted by atomic mass is 9.75. The zero-order chi connectivity index (χ0) is 24.3. The van der Waals surface area contributed by atoms with E-state index in [1.165, 1.54) is 12.1 Å². The molecule has 2 aliphatic rings. The van der Waals surface area contributed by atoms with Crippen LogP contribution in [0.5, 0.6) is 0 Å². The minimum absolute atomic E-state index is 0.0283. The molecule has 0 saturated carbocycles. The highest BCUT2D eigenvalue weighted by atomic mass is 19.4. The van der Waals surface area contributed by atoms with Crippen molar-refractivity contribution in [1.82, 2.24) is 0 Å². The van der Waals surface area contributed by atoms with Crippen LogP contribution in [0.1, 0.15) is 70.6 Å². The second-order valence-electron chi connectivity index (χ2n) is 7.25. The van der Waals surface area contributed by atoms with E-state index >= 15 is 0 Å². The fraction of sp³-hybridized carbons (Fsp3) is 0.481. The van der Waals surface area contributed by atoms with Gasteiger partial charge in [0.05, 0.1) is 23.8 Å². The van der Waals surface area contributed by atoms with Crippen molar-refractivity contribution in [2.24, 2.45) is 5.92 Å². The van der Waals surface area contributed by atoms with Gasteiger partial charge in [-0.3, -0.25) is 0 Å². The Labute approximate surface area is 191 Å². The van der Waals surface area contributed by atoms with Gasteiger partial charge in [0.1, 0.15) is 0 Å². The molecule has 1 saturated heterocycles. The lowest BCUT2D eigenvalue weighted by Gasteiger charge is -2.46. The van der Waals surface area contributed by atoms with E-state index in [-0.39, 0.29) is 24.2 Å². The summed E-state index contributed by atoms with van der Waals surface area (Å²) in [6.45, 7) is 17.8. The number of anilines is 1. The van der Waals surface area contributed by atoms with Crippen LogP contribution in [-0.2, 0) is 10.9 Å². The Balaban J connectivity index is 0.00000121. The molecular weight excluding hydrogens is 411 g/mol. The molecule has 1 N–H and O–H groups in total. The van der Waals surface area contributed by atoms with Crippen LogP contribution in [0.3, 0.4) is 0 Å². The van der Waals surface area contributed by atoms with Gasteiger partial charge in [-0.2, -0.15) is 13.2 Å². The van der Waals surface area contributed by atoms with E-state index in [1.807, 2.05) is 39.8 Å². The minimum Gasteiger partial charge on any atom is -0.378 e. The normalized spacial score (nSPS) is 23.9. The number of halogens is 3. The highest BCUT2D eigenvalue weighted by Gasteiger charge is 2.43. The molecular formula is C27H36F3NO. The van der Waals surface area contributed by atoms with Crippen molar-refractivity contribution in [2.45, 2.75) is 77.8 Å². The standard InChI is InChI=1S/C23H26F3NO.C2H6.C2H4/c1-4-7-8-9-17-11-12-18-21(15(5-2)6-3)27-20-13-10-16(23(24,25)26)14-19(20)22(18)28-17;2*1-2/h5-6,10,13-14,17-18,21-22,27H,2,4,9,11-12H2,1,3H3;1-2H3;1-2H2/b15-6+;;/t17?,18?,21-,22?;;/m0../s1. The van der Waals surface area contributed by atoms with Gasteiger partial charge in [0.15, 0.2) is 0 Å². The van der Waals surface area contributed by atoms with Gasteiger partial charge in [-0.15, -0.1) is 25.0 Å². The Morgan fingerprint density at radius 1 is 1.22 bits per heavy atom. The van der Waals surface area contributed by atoms with Crippen LogP contribution < -0.4 is 5.32 Å². The second kappa shape index (κ2) is 13.2. The van der Waals surface area contributed by atoms with E-state index in [2.05, 4.69) is 36.9 Å². The summed E-state index contributed by atoms with van der Waals surface area (Å²) in [4.78, 5) is 0. The van der Waals surface area contributed by atoms with Crippen molar-refractivity contribution in [3.05, 3.63) is 66.8 Å². The summed E-state index contributed by atoms with van der Waals surface area (Å²) in [7, 11) is 0. The molecule has 0 spiro atoms. The third kappa shape index (κ3) is 6.53. The minimum atomic E-state index is -4.38. The highest BCUT2D eigenvalue weighted by molar-refractivity contribution is 5.59. The summed E-state index contributed by atoms with van der Waals surface area (Å²) < 4.78 is 46.2. The van der Waals surface area contributed by atoms with Crippen molar-refractivity contribution < 1.29 is 17.9 Å². The van der Waals surface area contributed by atoms with Gasteiger partial charge in [-0.1, -0.05) is 39.5 Å². The number of hydrogen-bond acceptors (Lipinski definition) is 2. The molecule has 2 nitrogen and oxygen atoms in total. The highest BCUT2D eigenvalue weighted by Crippen LogP contribution is 2.48. The van der Waals surface area contributed by atoms with Crippen LogP contribution in [0, 0.1) is 17.8 Å². The average molecular weight is 448 g/mol. The predicted molar refractivity (Wildman–Crippen MR) is 128 cm³/mol. The average Bonchev–Trinajstić information content (AvgIpc) is 2.81. The summed E-state index contributed by atoms with van der Waals surface area (Å²) in [5.74, 6) is 6.22. The number of rotatable bonds is 3. The Morgan fingerprint density at radius 2 is 1.91 bits per heavy atom. The molecule has 5 heteroatoms. The topological polar surface area (TPSA) is 21.3 Å². The van der Waals surface area contributed by atoms with Gasteiger partial charge in [0, 0.05) is 30.0 Å². The van der Waals surface area contributed by atoms with Crippen molar-refractivity contribution in [3.63, 3.8) is 0 Å². The summed E-state index contributed by atoms with van der Waals surface area (Å²) >= 11 is 0. The number of fused-ring (bicyclic) bond motifs is 3. The van der Waals surface area contributed by atoms with E-state index in [1.54, 1.807) is 0 Å². The maximum absolute atomic E-state index is 13.3. The Hall–Kier alpha value is -2.45. The number of nitrogens with one attached hydrogen (secondary N) is 1. The van der Waals surface area contributed by atoms with Crippen molar-refractivity contribution >= 4 is 5.69 Å². The predicted octanol–water partition coefficient (Wildman–Crippen LogP) is 8.10. The van der Waals surface area contributed by atoms with Gasteiger partial charge < -0.3 is 10.1 Å². The van der Waals surface area contributed by atoms with E-state index < -0.39 is 11.7 Å². The molecule has 3 unspecified atom stereocenters. The third-order valence-corrected chi connectivity index (χ3v) is 5.53. The second-order valence-corrected chi connectivity index (χ2v) is 7.25. The van der Waals surface area contributed by atoms with E-state index in [0.717, 1.165) is 30.9 Å². The Morgan fingerprint density at radius 3 is 2.47 bits per heavy atom. The molecule has 0 aliphatic carbocycles. The first-order valence-electron chi connectivity index (χ1n) is 11.3. The van der Waals surface area contributed by atoms with E-state index in [9.17, 15) is 13.2 Å². The van der Waals surface area contributed by atoms with Gasteiger partial charge in [0.2, 0.25) is 0 Å². The first-order valence-corrected chi connectivity index (χ1v) is 11.3. The molecule has 0 radical (unpaired) electrons. The van der Waals surface area contributed by atoms with Gasteiger partial charge in [-0.05, 0) is 43.5 Å². The van der Waals surface area contributed by atoms with Crippen molar-refractivity contribution in [2.75, 3.05) is 5.32 Å². The van der Waals surface area contributed by atoms with Gasteiger partial charge >= 0.3 is 6.18 Å². The molecule has 176 valence electrons. The SMILES string of the molecule is C=C.C=C/C(=C\C)[C@@H]1Nc2ccc(C(F)(F)F)cc2C2OC(CC#CCC)CCC21.CC. The lowest BCUT2D eigenvalue weighted by molar-refractivity contribution is -0.138. The van der Waals surface area contributed by atoms with E-state index in [4.69, 9.17) is 4.74 Å². The summed E-state index contributed by atoms with van der Waals surface area (Å²) in [6.07, 6.45) is 2.09. The van der Waals surface area contributed by atoms with Crippen LogP contribution in [0.2, 0.25) is 0 Å². The monoisotopic (exact) mass is 447 g/mol. The van der Waals surface area contributed by atoms with Crippen molar-refractivity contribution in [3.8, 4) is 11.8 Å². The molecule has 32 heavy (non-hydrogen) atoms. The zero-order valence-corrected chi connectivity index (χ0v) is 19.7. The number of ether oxygens (including phenoxy) is 1. The number of allylic oxidation sites excluding steroid dienone is 1. The molecule has 2 heterocycles. The molecule has 4 atom stereocenters. The van der Waals surface area contributed by atoms with Crippen LogP contribution in [-0.4, -0.2) is 12.1 Å². The quantitative estimate of drug-likeness (QED) is 0.287. The first kappa shape index (κ1) is 27.6. The van der Waals surface area contributed by atoms with Gasteiger partial charge in [0.25, 0.3) is 0 Å². The third-order valence-electron chi connectivity index (χ3n) is 5.53. The largest absolute Gasteiger partial charge is 0.416 e. The molecule has 0 aromatic heterocycles. The Bertz CT molecular complexity index is 832. The van der Waals surface area contributed by atoms with E-state index in [0.29, 0.717) is 17.7 Å². The maximum atomic E-state index is 13.3. The Kier molecular flexibility index (Phi) is 11.4. The molecule has 1 aromatic rings. The fourth-order valence-electron chi connectivity index (χ4n) is 4.15. The van der Waals surface area contributed by atoms with Crippen LogP contribution in [0.4, 0.5) is 18.9 Å². The van der Waals surface area contributed by atoms with Crippen LogP contribution in [0.25, 0.3) is 0 Å². The van der Waals surface area contributed by atoms with Crippen molar-refractivity contribution in [1.29, 1.82) is 0 Å². The zero-order valence-electron chi connectivity index (χ0n) is 19.7. The number of benzene rings is 1. The summed E-state index contributed by atoms with van der Waals surface area (Å²) in [5, 5.41) is 3.43.